The van der Waals surface area contributed by atoms with Crippen molar-refractivity contribution in [1.82, 2.24) is 4.98 Å². The van der Waals surface area contributed by atoms with Gasteiger partial charge in [0.05, 0.1) is 5.56 Å². The predicted octanol–water partition coefficient (Wildman–Crippen LogP) is 3.95. The van der Waals surface area contributed by atoms with E-state index in [1.807, 2.05) is 27.8 Å². The molecule has 0 radical (unpaired) electrons. The zero-order chi connectivity index (χ0) is 16.6. The number of anilines is 1. The van der Waals surface area contributed by atoms with E-state index in [4.69, 9.17) is 0 Å². The van der Waals surface area contributed by atoms with Crippen LogP contribution in [0.1, 0.15) is 64.5 Å². The van der Waals surface area contributed by atoms with Crippen molar-refractivity contribution >= 4 is 11.8 Å². The van der Waals surface area contributed by atoms with Crippen molar-refractivity contribution in [2.45, 2.75) is 59.9 Å². The van der Waals surface area contributed by atoms with Crippen LogP contribution < -0.4 is 4.90 Å². The Morgan fingerprint density at radius 1 is 1.19 bits per heavy atom. The van der Waals surface area contributed by atoms with Crippen molar-refractivity contribution in [2.24, 2.45) is 5.41 Å². The molecule has 21 heavy (non-hydrogen) atoms. The number of aromatic nitrogens is 1. The summed E-state index contributed by atoms with van der Waals surface area (Å²) in [7, 11) is 1.97. The Labute approximate surface area is 128 Å². The van der Waals surface area contributed by atoms with Crippen molar-refractivity contribution in [3.05, 3.63) is 23.4 Å². The van der Waals surface area contributed by atoms with Crippen molar-refractivity contribution in [2.75, 3.05) is 11.9 Å². The number of hydrogen-bond donors (Lipinski definition) is 1. The molecular weight excluding hydrogens is 264 g/mol. The summed E-state index contributed by atoms with van der Waals surface area (Å²) in [4.78, 5) is 18.1. The van der Waals surface area contributed by atoms with E-state index in [2.05, 4.69) is 37.6 Å². The van der Waals surface area contributed by atoms with Gasteiger partial charge in [-0.25, -0.2) is 9.78 Å². The molecule has 118 valence electrons. The first-order valence-corrected chi connectivity index (χ1v) is 7.32. The third-order valence-corrected chi connectivity index (χ3v) is 4.02. The lowest BCUT2D eigenvalue weighted by Crippen LogP contribution is -2.40. The van der Waals surface area contributed by atoms with Gasteiger partial charge < -0.3 is 10.0 Å². The fraction of sp³-hybridized carbons (Fsp3) is 0.647. The van der Waals surface area contributed by atoms with Crippen LogP contribution in [0.3, 0.4) is 0 Å². The van der Waals surface area contributed by atoms with Gasteiger partial charge in [-0.2, -0.15) is 0 Å². The first-order valence-electron chi connectivity index (χ1n) is 7.32. The van der Waals surface area contributed by atoms with E-state index in [0.29, 0.717) is 5.82 Å². The van der Waals surface area contributed by atoms with E-state index in [0.717, 1.165) is 5.69 Å². The van der Waals surface area contributed by atoms with Crippen LogP contribution in [0, 0.1) is 5.41 Å². The number of aromatic carboxylic acids is 1. The second-order valence-corrected chi connectivity index (χ2v) is 7.81. The largest absolute Gasteiger partial charge is 0.478 e. The standard InChI is InChI=1S/C17H28N2O2/c1-11(16(2,3)4)19(8)14-10-12(15(20)21)9-13(18-14)17(5,6)7/h9-11H,1-8H3,(H,20,21). The Bertz CT molecular complexity index is 525. The van der Waals surface area contributed by atoms with Gasteiger partial charge in [0.2, 0.25) is 0 Å². The second kappa shape index (κ2) is 5.66. The van der Waals surface area contributed by atoms with Gasteiger partial charge in [-0.15, -0.1) is 0 Å². The highest BCUT2D eigenvalue weighted by Gasteiger charge is 2.27. The van der Waals surface area contributed by atoms with Crippen molar-refractivity contribution < 1.29 is 9.90 Å². The predicted molar refractivity (Wildman–Crippen MR) is 87.2 cm³/mol. The Kier molecular flexibility index (Phi) is 4.71. The summed E-state index contributed by atoms with van der Waals surface area (Å²) in [6.07, 6.45) is 0. The van der Waals surface area contributed by atoms with Crippen LogP contribution in [0.25, 0.3) is 0 Å². The number of rotatable bonds is 3. The molecule has 1 aromatic heterocycles. The van der Waals surface area contributed by atoms with E-state index >= 15 is 0 Å². The van der Waals surface area contributed by atoms with Gasteiger partial charge in [0.15, 0.2) is 0 Å². The lowest BCUT2D eigenvalue weighted by molar-refractivity contribution is 0.0696. The van der Waals surface area contributed by atoms with Gasteiger partial charge in [0.25, 0.3) is 0 Å². The summed E-state index contributed by atoms with van der Waals surface area (Å²) >= 11 is 0. The number of pyridine rings is 1. The molecule has 0 fully saturated rings. The van der Waals surface area contributed by atoms with Crippen LogP contribution in [-0.2, 0) is 5.41 Å². The molecular formula is C17H28N2O2. The van der Waals surface area contributed by atoms with Gasteiger partial charge in [-0.05, 0) is 24.5 Å². The minimum absolute atomic E-state index is 0.0809. The molecule has 0 saturated heterocycles. The summed E-state index contributed by atoms with van der Waals surface area (Å²) in [6.45, 7) is 14.7. The molecule has 1 atom stereocenters. The Hall–Kier alpha value is -1.58. The molecule has 4 heteroatoms. The lowest BCUT2D eigenvalue weighted by Gasteiger charge is -2.36. The lowest BCUT2D eigenvalue weighted by atomic mass is 9.87. The molecule has 1 N–H and O–H groups in total. The van der Waals surface area contributed by atoms with Crippen LogP contribution in [0.5, 0.6) is 0 Å². The number of carboxylic acid groups (broad SMARTS) is 1. The quantitative estimate of drug-likeness (QED) is 0.916. The molecule has 0 aliphatic heterocycles. The summed E-state index contributed by atoms with van der Waals surface area (Å²) in [6, 6.07) is 3.56. The topological polar surface area (TPSA) is 53.4 Å². The van der Waals surface area contributed by atoms with Crippen molar-refractivity contribution in [3.63, 3.8) is 0 Å². The average Bonchev–Trinajstić information content (AvgIpc) is 2.34. The Morgan fingerprint density at radius 3 is 2.10 bits per heavy atom. The molecule has 0 spiro atoms. The fourth-order valence-electron chi connectivity index (χ4n) is 1.98. The monoisotopic (exact) mass is 292 g/mol. The van der Waals surface area contributed by atoms with E-state index in [1.165, 1.54) is 0 Å². The van der Waals surface area contributed by atoms with E-state index in [-0.39, 0.29) is 22.4 Å². The van der Waals surface area contributed by atoms with Crippen LogP contribution in [-0.4, -0.2) is 29.1 Å². The van der Waals surface area contributed by atoms with Gasteiger partial charge in [-0.3, -0.25) is 0 Å². The molecule has 0 bridgehead atoms. The minimum Gasteiger partial charge on any atom is -0.478 e. The highest BCUT2D eigenvalue weighted by molar-refractivity contribution is 5.88. The third kappa shape index (κ3) is 4.19. The normalized spacial score (nSPS) is 13.9. The maximum atomic E-state index is 11.4. The summed E-state index contributed by atoms with van der Waals surface area (Å²) in [5.41, 5.74) is 0.979. The first-order chi connectivity index (χ1) is 9.34. The molecule has 0 aromatic carbocycles. The van der Waals surface area contributed by atoms with Gasteiger partial charge in [0.1, 0.15) is 5.82 Å². The maximum absolute atomic E-state index is 11.4. The molecule has 1 aromatic rings. The van der Waals surface area contributed by atoms with E-state index in [9.17, 15) is 9.90 Å². The zero-order valence-corrected chi connectivity index (χ0v) is 14.5. The summed E-state index contributed by atoms with van der Waals surface area (Å²) in [5.74, 6) is -0.205. The van der Waals surface area contributed by atoms with Gasteiger partial charge in [0, 0.05) is 24.2 Å². The molecule has 0 aliphatic rings. The maximum Gasteiger partial charge on any atom is 0.335 e. The van der Waals surface area contributed by atoms with Crippen LogP contribution in [0.4, 0.5) is 5.82 Å². The number of nitrogens with zero attached hydrogens (tertiary/aromatic N) is 2. The smallest absolute Gasteiger partial charge is 0.335 e. The van der Waals surface area contributed by atoms with Gasteiger partial charge >= 0.3 is 5.97 Å². The molecule has 1 heterocycles. The fourth-order valence-corrected chi connectivity index (χ4v) is 1.98. The zero-order valence-electron chi connectivity index (χ0n) is 14.5. The molecule has 0 saturated carbocycles. The average molecular weight is 292 g/mol. The second-order valence-electron chi connectivity index (χ2n) is 7.81. The first kappa shape index (κ1) is 17.5. The molecule has 1 rings (SSSR count). The van der Waals surface area contributed by atoms with E-state index < -0.39 is 5.97 Å². The molecule has 0 aliphatic carbocycles. The SMILES string of the molecule is CC(N(C)c1cc(C(=O)O)cc(C(C)(C)C)n1)C(C)(C)C. The van der Waals surface area contributed by atoms with Crippen LogP contribution in [0.15, 0.2) is 12.1 Å². The highest BCUT2D eigenvalue weighted by atomic mass is 16.4. The molecule has 0 amide bonds. The number of hydrogen-bond acceptors (Lipinski definition) is 3. The highest BCUT2D eigenvalue weighted by Crippen LogP contribution is 2.29. The molecule has 4 nitrogen and oxygen atoms in total. The van der Waals surface area contributed by atoms with Crippen LogP contribution >= 0.6 is 0 Å². The van der Waals surface area contributed by atoms with Crippen LogP contribution in [0.2, 0.25) is 0 Å². The number of carboxylic acids is 1. The Balaban J connectivity index is 3.36. The van der Waals surface area contributed by atoms with Crippen molar-refractivity contribution in [1.29, 1.82) is 0 Å². The molecule has 1 unspecified atom stereocenters. The third-order valence-electron chi connectivity index (χ3n) is 4.02. The number of carbonyl (C=O) groups is 1. The summed E-state index contributed by atoms with van der Waals surface area (Å²) in [5, 5.41) is 9.33. The minimum atomic E-state index is -0.916. The van der Waals surface area contributed by atoms with E-state index in [1.54, 1.807) is 12.1 Å². The Morgan fingerprint density at radius 2 is 1.71 bits per heavy atom. The summed E-state index contributed by atoms with van der Waals surface area (Å²) < 4.78 is 0. The van der Waals surface area contributed by atoms with Gasteiger partial charge in [-0.1, -0.05) is 41.5 Å². The van der Waals surface area contributed by atoms with Crippen molar-refractivity contribution in [3.8, 4) is 0 Å².